The Balaban J connectivity index is 1.40. The number of hydrogen-bond donors (Lipinski definition) is 2. The molecule has 5 aromatic rings. The van der Waals surface area contributed by atoms with Gasteiger partial charge in [0.15, 0.2) is 5.69 Å². The summed E-state index contributed by atoms with van der Waals surface area (Å²) in [4.78, 5) is 24.9. The Labute approximate surface area is 194 Å². The molecule has 0 bridgehead atoms. The summed E-state index contributed by atoms with van der Waals surface area (Å²) in [6, 6.07) is 21.9. The first-order chi connectivity index (χ1) is 16.6. The number of benzene rings is 3. The third-order valence-electron chi connectivity index (χ3n) is 5.54. The molecule has 0 atom stereocenters. The van der Waals surface area contributed by atoms with Crippen molar-refractivity contribution in [3.8, 4) is 22.7 Å². The molecule has 2 aromatic heterocycles. The number of nitrogens with one attached hydrogen (secondary N) is 2. The zero-order valence-electron chi connectivity index (χ0n) is 18.4. The molecule has 9 nitrogen and oxygen atoms in total. The second kappa shape index (κ2) is 8.62. The summed E-state index contributed by atoms with van der Waals surface area (Å²) in [6.45, 7) is 1.78. The molecular formula is C25H20N6O3. The topological polar surface area (TPSA) is 115 Å². The lowest BCUT2D eigenvalue weighted by Gasteiger charge is -2.09. The van der Waals surface area contributed by atoms with Gasteiger partial charge < -0.3 is 10.1 Å². The van der Waals surface area contributed by atoms with Gasteiger partial charge in [-0.1, -0.05) is 47.7 Å². The lowest BCUT2D eigenvalue weighted by molar-refractivity contribution is 0.102. The van der Waals surface area contributed by atoms with Crippen molar-refractivity contribution in [3.63, 3.8) is 0 Å². The molecular weight excluding hydrogens is 432 g/mol. The van der Waals surface area contributed by atoms with Crippen molar-refractivity contribution in [3.05, 3.63) is 94.5 Å². The minimum atomic E-state index is -0.376. The molecule has 0 aliphatic rings. The summed E-state index contributed by atoms with van der Waals surface area (Å²) in [5, 5.41) is 19.1. The third-order valence-corrected chi connectivity index (χ3v) is 5.54. The monoisotopic (exact) mass is 452 g/mol. The number of aromatic amines is 1. The highest BCUT2D eigenvalue weighted by Gasteiger charge is 2.19. The highest BCUT2D eigenvalue weighted by molar-refractivity contribution is 6.03. The van der Waals surface area contributed by atoms with E-state index >= 15 is 0 Å². The predicted molar refractivity (Wildman–Crippen MR) is 128 cm³/mol. The number of nitrogens with zero attached hydrogens (tertiary/aromatic N) is 4. The summed E-state index contributed by atoms with van der Waals surface area (Å²) >= 11 is 0. The summed E-state index contributed by atoms with van der Waals surface area (Å²) in [6.07, 6.45) is 0. The van der Waals surface area contributed by atoms with Crippen LogP contribution < -0.4 is 15.6 Å². The van der Waals surface area contributed by atoms with E-state index in [1.54, 1.807) is 36.9 Å². The van der Waals surface area contributed by atoms with Gasteiger partial charge in [-0.25, -0.2) is 9.78 Å². The van der Waals surface area contributed by atoms with E-state index in [4.69, 9.17) is 4.74 Å². The smallest absolute Gasteiger partial charge is 0.278 e. The first-order valence-electron chi connectivity index (χ1n) is 10.5. The van der Waals surface area contributed by atoms with Crippen LogP contribution in [0.3, 0.4) is 0 Å². The highest BCUT2D eigenvalue weighted by atomic mass is 16.5. The van der Waals surface area contributed by atoms with Gasteiger partial charge in [-0.3, -0.25) is 9.59 Å². The van der Waals surface area contributed by atoms with Crippen LogP contribution in [0, 0.1) is 6.92 Å². The highest BCUT2D eigenvalue weighted by Crippen LogP contribution is 2.26. The average Bonchev–Trinajstić information content (AvgIpc) is 3.26. The Kier molecular flexibility index (Phi) is 5.35. The van der Waals surface area contributed by atoms with Crippen molar-refractivity contribution in [1.82, 2.24) is 25.2 Å². The number of fused-ring (bicyclic) bond motifs is 1. The van der Waals surface area contributed by atoms with E-state index in [2.05, 4.69) is 25.8 Å². The van der Waals surface area contributed by atoms with Crippen molar-refractivity contribution < 1.29 is 9.53 Å². The molecule has 168 valence electrons. The molecule has 1 amide bonds. The summed E-state index contributed by atoms with van der Waals surface area (Å²) < 4.78 is 6.96. The van der Waals surface area contributed by atoms with Crippen LogP contribution in [-0.4, -0.2) is 38.2 Å². The van der Waals surface area contributed by atoms with Gasteiger partial charge in [0.25, 0.3) is 11.5 Å². The van der Waals surface area contributed by atoms with Crippen molar-refractivity contribution >= 4 is 22.4 Å². The van der Waals surface area contributed by atoms with E-state index in [0.29, 0.717) is 33.9 Å². The van der Waals surface area contributed by atoms with Crippen LogP contribution in [0.5, 0.6) is 5.75 Å². The predicted octanol–water partition coefficient (Wildman–Crippen LogP) is 3.74. The van der Waals surface area contributed by atoms with Gasteiger partial charge in [0.2, 0.25) is 0 Å². The van der Waals surface area contributed by atoms with Crippen LogP contribution in [0.2, 0.25) is 0 Å². The molecule has 5 rings (SSSR count). The van der Waals surface area contributed by atoms with Crippen molar-refractivity contribution in [2.24, 2.45) is 0 Å². The van der Waals surface area contributed by atoms with Crippen molar-refractivity contribution in [2.75, 3.05) is 12.4 Å². The van der Waals surface area contributed by atoms with Crippen molar-refractivity contribution in [1.29, 1.82) is 0 Å². The summed E-state index contributed by atoms with van der Waals surface area (Å²) in [7, 11) is 1.58. The Morgan fingerprint density at radius 2 is 1.68 bits per heavy atom. The van der Waals surface area contributed by atoms with Gasteiger partial charge in [0, 0.05) is 16.6 Å². The minimum Gasteiger partial charge on any atom is -0.494 e. The number of anilines is 1. The standard InChI is InChI=1S/C25H20N6O3/c1-15-22(28-30-31(15)20-9-5-6-10-21(20)34-2)25(33)26-17-13-11-16(12-14-17)23-18-7-3-4-8-19(18)24(32)29-27-23/h3-14H,1-2H3,(H,26,33)(H,29,32). The second-order valence-electron chi connectivity index (χ2n) is 7.59. The largest absolute Gasteiger partial charge is 0.494 e. The fourth-order valence-corrected chi connectivity index (χ4v) is 3.81. The number of para-hydroxylation sites is 2. The Bertz CT molecular complexity index is 1570. The van der Waals surface area contributed by atoms with Gasteiger partial charge >= 0.3 is 0 Å². The molecule has 0 radical (unpaired) electrons. The quantitative estimate of drug-likeness (QED) is 0.420. The van der Waals surface area contributed by atoms with Crippen LogP contribution in [0.25, 0.3) is 27.7 Å². The molecule has 0 fully saturated rings. The van der Waals surface area contributed by atoms with E-state index in [-0.39, 0.29) is 17.2 Å². The van der Waals surface area contributed by atoms with Gasteiger partial charge in [-0.2, -0.15) is 5.10 Å². The van der Waals surface area contributed by atoms with Crippen molar-refractivity contribution in [2.45, 2.75) is 6.92 Å². The Morgan fingerprint density at radius 1 is 0.971 bits per heavy atom. The first-order valence-corrected chi connectivity index (χ1v) is 10.5. The van der Waals surface area contributed by atoms with Gasteiger partial charge in [-0.05, 0) is 37.3 Å². The number of rotatable bonds is 5. The number of carbonyl (C=O) groups is 1. The van der Waals surface area contributed by atoms with Crippen LogP contribution in [0.1, 0.15) is 16.2 Å². The molecule has 0 unspecified atom stereocenters. The second-order valence-corrected chi connectivity index (χ2v) is 7.59. The fraction of sp³-hybridized carbons (Fsp3) is 0.0800. The molecule has 0 aliphatic heterocycles. The summed E-state index contributed by atoms with van der Waals surface area (Å²) in [5.74, 6) is 0.250. The Hall–Kier alpha value is -4.79. The fourth-order valence-electron chi connectivity index (χ4n) is 3.81. The number of carbonyl (C=O) groups excluding carboxylic acids is 1. The molecule has 3 aromatic carbocycles. The number of hydrogen-bond acceptors (Lipinski definition) is 6. The molecule has 0 saturated carbocycles. The van der Waals surface area contributed by atoms with E-state index in [9.17, 15) is 9.59 Å². The third kappa shape index (κ3) is 3.69. The van der Waals surface area contributed by atoms with Crippen LogP contribution >= 0.6 is 0 Å². The van der Waals surface area contributed by atoms with Gasteiger partial charge in [0.1, 0.15) is 11.4 Å². The number of amides is 1. The molecule has 2 heterocycles. The lowest BCUT2D eigenvalue weighted by Crippen LogP contribution is -2.14. The number of aromatic nitrogens is 5. The number of methoxy groups -OCH3 is 1. The maximum atomic E-state index is 12.9. The molecule has 34 heavy (non-hydrogen) atoms. The number of H-pyrrole nitrogens is 1. The van der Waals surface area contributed by atoms with Crippen LogP contribution in [0.4, 0.5) is 5.69 Å². The molecule has 0 aliphatic carbocycles. The average molecular weight is 452 g/mol. The number of ether oxygens (including phenoxy) is 1. The van der Waals surface area contributed by atoms with Gasteiger partial charge in [0.05, 0.1) is 23.9 Å². The van der Waals surface area contributed by atoms with E-state index in [0.717, 1.165) is 10.9 Å². The molecule has 0 spiro atoms. The SMILES string of the molecule is COc1ccccc1-n1nnc(C(=O)Nc2ccc(-c3n[nH]c(=O)c4ccccc34)cc2)c1C. The van der Waals surface area contributed by atoms with Gasteiger partial charge in [-0.15, -0.1) is 5.10 Å². The normalized spacial score (nSPS) is 10.9. The molecule has 9 heteroatoms. The van der Waals surface area contributed by atoms with Crippen LogP contribution in [0.15, 0.2) is 77.6 Å². The van der Waals surface area contributed by atoms with E-state index < -0.39 is 0 Å². The lowest BCUT2D eigenvalue weighted by atomic mass is 10.0. The maximum Gasteiger partial charge on any atom is 0.278 e. The summed E-state index contributed by atoms with van der Waals surface area (Å²) in [5.41, 5.74) is 3.31. The van der Waals surface area contributed by atoms with E-state index in [1.807, 2.05) is 54.6 Å². The zero-order chi connectivity index (χ0) is 23.7. The molecule has 0 saturated heterocycles. The Morgan fingerprint density at radius 3 is 2.44 bits per heavy atom. The zero-order valence-corrected chi connectivity index (χ0v) is 18.4. The first kappa shape index (κ1) is 21.1. The maximum absolute atomic E-state index is 12.9. The molecule has 2 N–H and O–H groups in total. The van der Waals surface area contributed by atoms with Crippen LogP contribution in [-0.2, 0) is 0 Å². The minimum absolute atomic E-state index is 0.211. The van der Waals surface area contributed by atoms with E-state index in [1.165, 1.54) is 0 Å².